The lowest BCUT2D eigenvalue weighted by Gasteiger charge is -2.38. The smallest absolute Gasteiger partial charge is 0.0410 e. The molecule has 0 heterocycles. The molecular formula is C18H27BrClN. The molecule has 3 atom stereocenters. The Morgan fingerprint density at radius 2 is 2.05 bits per heavy atom. The van der Waals surface area contributed by atoms with Crippen LogP contribution < -0.4 is 5.32 Å². The minimum absolute atomic E-state index is 0.420. The second kappa shape index (κ2) is 8.55. The second-order valence-electron chi connectivity index (χ2n) is 6.21. The van der Waals surface area contributed by atoms with Gasteiger partial charge in [-0.2, -0.15) is 0 Å². The number of hydrogen-bond donors (Lipinski definition) is 1. The van der Waals surface area contributed by atoms with Gasteiger partial charge in [0.15, 0.2) is 0 Å². The fourth-order valence-corrected chi connectivity index (χ4v) is 4.40. The molecule has 0 radical (unpaired) electrons. The van der Waals surface area contributed by atoms with E-state index in [1.807, 2.05) is 6.07 Å². The molecule has 1 aromatic carbocycles. The summed E-state index contributed by atoms with van der Waals surface area (Å²) in [5, 5.41) is 4.63. The van der Waals surface area contributed by atoms with Crippen LogP contribution >= 0.6 is 27.5 Å². The average molecular weight is 373 g/mol. The van der Waals surface area contributed by atoms with Crippen molar-refractivity contribution >= 4 is 27.5 Å². The highest BCUT2D eigenvalue weighted by Gasteiger charge is 2.32. The summed E-state index contributed by atoms with van der Waals surface area (Å²) in [6.07, 6.45) is 7.92. The summed E-state index contributed by atoms with van der Waals surface area (Å²) in [5.41, 5.74) is 1.33. The standard InChI is InChI=1S/C18H27BrClN/c1-3-11-21-18(15-8-6-5-7-13(15)4-2)16-12-14(20)9-10-17(16)19/h9-10,12-13,15,18,21H,3-8,11H2,1-2H3. The highest BCUT2D eigenvalue weighted by Crippen LogP contribution is 2.42. The molecule has 0 saturated heterocycles. The molecule has 0 aliphatic heterocycles. The lowest BCUT2D eigenvalue weighted by Crippen LogP contribution is -2.35. The van der Waals surface area contributed by atoms with Gasteiger partial charge in [0, 0.05) is 15.5 Å². The van der Waals surface area contributed by atoms with Crippen LogP contribution in [0.15, 0.2) is 22.7 Å². The molecule has 1 fully saturated rings. The average Bonchev–Trinajstić information content (AvgIpc) is 2.51. The summed E-state index contributed by atoms with van der Waals surface area (Å²) < 4.78 is 1.18. The third kappa shape index (κ3) is 4.46. The van der Waals surface area contributed by atoms with Crippen LogP contribution in [0.25, 0.3) is 0 Å². The van der Waals surface area contributed by atoms with Crippen molar-refractivity contribution in [3.05, 3.63) is 33.3 Å². The van der Waals surface area contributed by atoms with Gasteiger partial charge in [0.1, 0.15) is 0 Å². The van der Waals surface area contributed by atoms with Crippen LogP contribution in [0.4, 0.5) is 0 Å². The lowest BCUT2D eigenvalue weighted by atomic mass is 9.72. The fraction of sp³-hybridized carbons (Fsp3) is 0.667. The first-order valence-electron chi connectivity index (χ1n) is 8.35. The first kappa shape index (κ1) is 17.3. The summed E-state index contributed by atoms with van der Waals surface area (Å²) in [5.74, 6) is 1.56. The maximum Gasteiger partial charge on any atom is 0.0410 e. The summed E-state index contributed by atoms with van der Waals surface area (Å²) in [6.45, 7) is 5.64. The van der Waals surface area contributed by atoms with Gasteiger partial charge in [0.05, 0.1) is 0 Å². The molecule has 0 spiro atoms. The summed E-state index contributed by atoms with van der Waals surface area (Å²) in [6, 6.07) is 6.61. The van der Waals surface area contributed by atoms with Crippen LogP contribution in [0.3, 0.4) is 0 Å². The van der Waals surface area contributed by atoms with Gasteiger partial charge in [-0.25, -0.2) is 0 Å². The van der Waals surface area contributed by atoms with E-state index in [0.29, 0.717) is 6.04 Å². The third-order valence-corrected chi connectivity index (χ3v) is 5.79. The molecule has 3 heteroatoms. The molecule has 1 saturated carbocycles. The summed E-state index contributed by atoms with van der Waals surface area (Å²) >= 11 is 9.99. The van der Waals surface area contributed by atoms with Crippen LogP contribution in [0, 0.1) is 11.8 Å². The first-order chi connectivity index (χ1) is 10.2. The van der Waals surface area contributed by atoms with Gasteiger partial charge in [-0.05, 0) is 55.0 Å². The molecule has 3 unspecified atom stereocenters. The molecular weight excluding hydrogens is 346 g/mol. The highest BCUT2D eigenvalue weighted by atomic mass is 79.9. The van der Waals surface area contributed by atoms with E-state index in [0.717, 1.165) is 29.8 Å². The van der Waals surface area contributed by atoms with E-state index in [-0.39, 0.29) is 0 Å². The minimum Gasteiger partial charge on any atom is -0.310 e. The molecule has 1 aliphatic carbocycles. The Bertz CT molecular complexity index is 449. The van der Waals surface area contributed by atoms with Crippen molar-refractivity contribution in [1.82, 2.24) is 5.32 Å². The molecule has 1 aromatic rings. The van der Waals surface area contributed by atoms with E-state index < -0.39 is 0 Å². The fourth-order valence-electron chi connectivity index (χ4n) is 3.73. The zero-order valence-electron chi connectivity index (χ0n) is 13.2. The summed E-state index contributed by atoms with van der Waals surface area (Å²) in [4.78, 5) is 0. The topological polar surface area (TPSA) is 12.0 Å². The quantitative estimate of drug-likeness (QED) is 0.612. The van der Waals surface area contributed by atoms with Gasteiger partial charge in [0.2, 0.25) is 0 Å². The zero-order valence-corrected chi connectivity index (χ0v) is 15.5. The van der Waals surface area contributed by atoms with E-state index >= 15 is 0 Å². The predicted octanol–water partition coefficient (Wildman–Crippen LogP) is 6.36. The largest absolute Gasteiger partial charge is 0.310 e. The van der Waals surface area contributed by atoms with Crippen molar-refractivity contribution in [2.75, 3.05) is 6.54 Å². The van der Waals surface area contributed by atoms with Gasteiger partial charge in [-0.1, -0.05) is 67.1 Å². The van der Waals surface area contributed by atoms with E-state index in [1.165, 1.54) is 42.1 Å². The lowest BCUT2D eigenvalue weighted by molar-refractivity contribution is 0.175. The molecule has 0 bridgehead atoms. The van der Waals surface area contributed by atoms with E-state index in [2.05, 4.69) is 47.2 Å². The van der Waals surface area contributed by atoms with Gasteiger partial charge < -0.3 is 5.32 Å². The van der Waals surface area contributed by atoms with E-state index in [1.54, 1.807) is 0 Å². The molecule has 1 aliphatic rings. The predicted molar refractivity (Wildman–Crippen MR) is 95.9 cm³/mol. The molecule has 2 rings (SSSR count). The van der Waals surface area contributed by atoms with Crippen molar-refractivity contribution in [2.45, 2.75) is 58.4 Å². The molecule has 1 nitrogen and oxygen atoms in total. The number of hydrogen-bond acceptors (Lipinski definition) is 1. The monoisotopic (exact) mass is 371 g/mol. The van der Waals surface area contributed by atoms with Crippen LogP contribution in [0.5, 0.6) is 0 Å². The van der Waals surface area contributed by atoms with Gasteiger partial charge in [0.25, 0.3) is 0 Å². The van der Waals surface area contributed by atoms with Crippen molar-refractivity contribution in [2.24, 2.45) is 11.8 Å². The second-order valence-corrected chi connectivity index (χ2v) is 7.51. The Morgan fingerprint density at radius 1 is 1.29 bits per heavy atom. The minimum atomic E-state index is 0.420. The van der Waals surface area contributed by atoms with Crippen LogP contribution in [0.1, 0.15) is 64.0 Å². The molecule has 21 heavy (non-hydrogen) atoms. The van der Waals surface area contributed by atoms with Crippen molar-refractivity contribution < 1.29 is 0 Å². The van der Waals surface area contributed by atoms with Crippen molar-refractivity contribution in [1.29, 1.82) is 0 Å². The molecule has 1 N–H and O–H groups in total. The number of benzene rings is 1. The zero-order chi connectivity index (χ0) is 15.2. The Morgan fingerprint density at radius 3 is 2.76 bits per heavy atom. The van der Waals surface area contributed by atoms with Gasteiger partial charge in [-0.15, -0.1) is 0 Å². The van der Waals surface area contributed by atoms with Crippen molar-refractivity contribution in [3.63, 3.8) is 0 Å². The number of nitrogens with one attached hydrogen (secondary N) is 1. The van der Waals surface area contributed by atoms with Crippen LogP contribution in [-0.4, -0.2) is 6.54 Å². The SMILES string of the molecule is CCCNC(c1cc(Cl)ccc1Br)C1CCCCC1CC. The molecule has 0 aromatic heterocycles. The van der Waals surface area contributed by atoms with E-state index in [9.17, 15) is 0 Å². The number of halogens is 2. The van der Waals surface area contributed by atoms with E-state index in [4.69, 9.17) is 11.6 Å². The summed E-state index contributed by atoms with van der Waals surface area (Å²) in [7, 11) is 0. The molecule has 118 valence electrons. The van der Waals surface area contributed by atoms with Crippen molar-refractivity contribution in [3.8, 4) is 0 Å². The van der Waals surface area contributed by atoms with Gasteiger partial charge >= 0.3 is 0 Å². The Hall–Kier alpha value is -0.0500. The van der Waals surface area contributed by atoms with Crippen LogP contribution in [-0.2, 0) is 0 Å². The maximum absolute atomic E-state index is 6.26. The number of rotatable bonds is 6. The Labute approximate surface area is 143 Å². The maximum atomic E-state index is 6.26. The Kier molecular flexibility index (Phi) is 7.04. The third-order valence-electron chi connectivity index (χ3n) is 4.83. The normalized spacial score (nSPS) is 24.0. The van der Waals surface area contributed by atoms with Gasteiger partial charge in [-0.3, -0.25) is 0 Å². The Balaban J connectivity index is 2.30. The molecule has 0 amide bonds. The highest BCUT2D eigenvalue weighted by molar-refractivity contribution is 9.10. The first-order valence-corrected chi connectivity index (χ1v) is 9.52. The van der Waals surface area contributed by atoms with Crippen LogP contribution in [0.2, 0.25) is 5.02 Å².